The molecule has 0 heterocycles. The third kappa shape index (κ3) is 6.51. The zero-order chi connectivity index (χ0) is 31.9. The summed E-state index contributed by atoms with van der Waals surface area (Å²) in [6.45, 7) is 18.1. The van der Waals surface area contributed by atoms with Crippen LogP contribution in [0, 0.1) is 51.2 Å². The molecule has 4 bridgehead atoms. The Kier molecular flexibility index (Phi) is 10.2. The SMILES string of the molecule is CCC(C)(CC(C)(CC(C)OC1CCCCC1)C(=O)OC1CC2CCC1(C)C2(C)C)C(=O)OCOCC1C2CCC(C2)C1C. The van der Waals surface area contributed by atoms with Crippen molar-refractivity contribution in [3.8, 4) is 0 Å². The maximum atomic E-state index is 14.3. The Morgan fingerprint density at radius 1 is 0.909 bits per heavy atom. The maximum absolute atomic E-state index is 14.3. The summed E-state index contributed by atoms with van der Waals surface area (Å²) in [5, 5.41) is 0. The van der Waals surface area contributed by atoms with E-state index in [1.54, 1.807) is 0 Å². The molecule has 6 heteroatoms. The van der Waals surface area contributed by atoms with Crippen molar-refractivity contribution in [1.82, 2.24) is 0 Å². The number of ether oxygens (including phenoxy) is 4. The predicted molar refractivity (Wildman–Crippen MR) is 173 cm³/mol. The number of esters is 2. The second kappa shape index (κ2) is 13.2. The molecule has 5 saturated carbocycles. The van der Waals surface area contributed by atoms with Crippen molar-refractivity contribution in [3.05, 3.63) is 0 Å². The highest BCUT2D eigenvalue weighted by Gasteiger charge is 2.63. The van der Waals surface area contributed by atoms with Crippen LogP contribution >= 0.6 is 0 Å². The first kappa shape index (κ1) is 34.2. The van der Waals surface area contributed by atoms with Gasteiger partial charge in [0.2, 0.25) is 0 Å². The lowest BCUT2D eigenvalue weighted by molar-refractivity contribution is -0.180. The van der Waals surface area contributed by atoms with Crippen LogP contribution in [0.15, 0.2) is 0 Å². The zero-order valence-corrected chi connectivity index (χ0v) is 29.4. The summed E-state index contributed by atoms with van der Waals surface area (Å²) >= 11 is 0. The molecule has 252 valence electrons. The topological polar surface area (TPSA) is 71.1 Å². The predicted octanol–water partition coefficient (Wildman–Crippen LogP) is 8.88. The fourth-order valence-corrected chi connectivity index (χ4v) is 10.7. The summed E-state index contributed by atoms with van der Waals surface area (Å²) in [7, 11) is 0. The molecule has 5 rings (SSSR count). The molecule has 0 aromatic carbocycles. The van der Waals surface area contributed by atoms with E-state index in [4.69, 9.17) is 18.9 Å². The Hall–Kier alpha value is -1.14. The van der Waals surface area contributed by atoms with E-state index >= 15 is 0 Å². The summed E-state index contributed by atoms with van der Waals surface area (Å²) < 4.78 is 24.8. The molecule has 5 aliphatic rings. The highest BCUT2D eigenvalue weighted by atomic mass is 16.7. The van der Waals surface area contributed by atoms with Crippen molar-refractivity contribution in [3.63, 3.8) is 0 Å². The van der Waals surface area contributed by atoms with Crippen molar-refractivity contribution in [2.75, 3.05) is 13.4 Å². The normalized spacial score (nSPS) is 37.8. The van der Waals surface area contributed by atoms with Crippen LogP contribution in [0.1, 0.15) is 145 Å². The Bertz CT molecular complexity index is 1020. The molecule has 0 N–H and O–H groups in total. The highest BCUT2D eigenvalue weighted by molar-refractivity contribution is 5.81. The van der Waals surface area contributed by atoms with E-state index in [0.29, 0.717) is 43.6 Å². The highest BCUT2D eigenvalue weighted by Crippen LogP contribution is 2.66. The molecule has 0 aromatic heterocycles. The van der Waals surface area contributed by atoms with Crippen LogP contribution in [-0.2, 0) is 28.5 Å². The van der Waals surface area contributed by atoms with Gasteiger partial charge >= 0.3 is 11.9 Å². The largest absolute Gasteiger partial charge is 0.461 e. The van der Waals surface area contributed by atoms with Gasteiger partial charge in [0.15, 0.2) is 6.79 Å². The number of carbonyl (C=O) groups excluding carboxylic acids is 2. The van der Waals surface area contributed by atoms with Gasteiger partial charge in [0.05, 0.1) is 29.6 Å². The van der Waals surface area contributed by atoms with Crippen LogP contribution in [0.25, 0.3) is 0 Å². The molecule has 10 atom stereocenters. The maximum Gasteiger partial charge on any atom is 0.313 e. The lowest BCUT2D eigenvalue weighted by Crippen LogP contribution is -2.46. The van der Waals surface area contributed by atoms with Crippen LogP contribution in [-0.4, -0.2) is 43.7 Å². The number of rotatable bonds is 14. The summed E-state index contributed by atoms with van der Waals surface area (Å²) in [5.41, 5.74) is -1.57. The average Bonchev–Trinajstić information content (AvgIpc) is 3.68. The Labute approximate surface area is 268 Å². The Morgan fingerprint density at radius 2 is 1.61 bits per heavy atom. The monoisotopic (exact) mass is 616 g/mol. The van der Waals surface area contributed by atoms with Gasteiger partial charge in [-0.15, -0.1) is 0 Å². The Balaban J connectivity index is 1.24. The van der Waals surface area contributed by atoms with Gasteiger partial charge in [0.25, 0.3) is 0 Å². The van der Waals surface area contributed by atoms with E-state index in [1.165, 1.54) is 44.9 Å². The van der Waals surface area contributed by atoms with Gasteiger partial charge in [-0.05, 0) is 126 Å². The molecule has 0 radical (unpaired) electrons. The van der Waals surface area contributed by atoms with Gasteiger partial charge in [0.1, 0.15) is 6.10 Å². The standard InChI is InChI=1S/C38H64O6/c1-9-36(6,33(39)42-24-41-22-31-26(3)27-15-16-28(31)19-27)23-37(7,21-25(2)43-30-13-11-10-12-14-30)34(40)44-32-20-29-17-18-38(32,8)35(29,4)5/h25-32H,9-24H2,1-8H3. The molecule has 6 nitrogen and oxygen atoms in total. The van der Waals surface area contributed by atoms with Gasteiger partial charge in [-0.1, -0.05) is 53.9 Å². The van der Waals surface area contributed by atoms with Crippen LogP contribution < -0.4 is 0 Å². The van der Waals surface area contributed by atoms with Crippen LogP contribution in [0.2, 0.25) is 0 Å². The van der Waals surface area contributed by atoms with Crippen LogP contribution in [0.4, 0.5) is 0 Å². The number of fused-ring (bicyclic) bond motifs is 4. The first-order valence-electron chi connectivity index (χ1n) is 18.3. The summed E-state index contributed by atoms with van der Waals surface area (Å²) in [4.78, 5) is 28.0. The van der Waals surface area contributed by atoms with Crippen molar-refractivity contribution in [2.45, 2.75) is 164 Å². The van der Waals surface area contributed by atoms with E-state index in [-0.39, 0.29) is 47.9 Å². The first-order valence-corrected chi connectivity index (χ1v) is 18.3. The minimum Gasteiger partial charge on any atom is -0.461 e. The molecule has 5 fully saturated rings. The van der Waals surface area contributed by atoms with Crippen molar-refractivity contribution < 1.29 is 28.5 Å². The number of hydrogen-bond acceptors (Lipinski definition) is 6. The van der Waals surface area contributed by atoms with Crippen LogP contribution in [0.5, 0.6) is 0 Å². The summed E-state index contributed by atoms with van der Waals surface area (Å²) in [6, 6.07) is 0. The Morgan fingerprint density at radius 3 is 2.20 bits per heavy atom. The molecule has 0 spiro atoms. The van der Waals surface area contributed by atoms with Gasteiger partial charge in [-0.25, -0.2) is 0 Å². The van der Waals surface area contributed by atoms with E-state index in [9.17, 15) is 9.59 Å². The minimum atomic E-state index is -0.875. The van der Waals surface area contributed by atoms with E-state index in [1.807, 2.05) is 20.8 Å². The lowest BCUT2D eigenvalue weighted by atomic mass is 9.68. The molecular formula is C38H64O6. The van der Waals surface area contributed by atoms with Crippen molar-refractivity contribution in [1.29, 1.82) is 0 Å². The molecule has 10 unspecified atom stereocenters. The lowest BCUT2D eigenvalue weighted by Gasteiger charge is -2.42. The zero-order valence-electron chi connectivity index (χ0n) is 29.4. The van der Waals surface area contributed by atoms with E-state index in [2.05, 4.69) is 34.6 Å². The minimum absolute atomic E-state index is 0.0148. The average molecular weight is 617 g/mol. The third-order valence-corrected chi connectivity index (χ3v) is 14.3. The van der Waals surface area contributed by atoms with Gasteiger partial charge in [-0.3, -0.25) is 9.59 Å². The third-order valence-electron chi connectivity index (χ3n) is 14.3. The quantitative estimate of drug-likeness (QED) is 0.110. The smallest absolute Gasteiger partial charge is 0.313 e. The molecule has 5 aliphatic carbocycles. The van der Waals surface area contributed by atoms with Crippen molar-refractivity contribution >= 4 is 11.9 Å². The number of carbonyl (C=O) groups is 2. The van der Waals surface area contributed by atoms with Gasteiger partial charge in [-0.2, -0.15) is 0 Å². The molecule has 0 aromatic rings. The fraction of sp³-hybridized carbons (Fsp3) is 0.947. The van der Waals surface area contributed by atoms with E-state index < -0.39 is 10.8 Å². The fourth-order valence-electron chi connectivity index (χ4n) is 10.7. The summed E-state index contributed by atoms with van der Waals surface area (Å²) in [5.74, 6) is 3.00. The second-order valence-electron chi connectivity index (χ2n) is 17.3. The van der Waals surface area contributed by atoms with Gasteiger partial charge in [0, 0.05) is 5.41 Å². The molecular weight excluding hydrogens is 552 g/mol. The molecule has 0 aliphatic heterocycles. The molecule has 0 saturated heterocycles. The molecule has 44 heavy (non-hydrogen) atoms. The summed E-state index contributed by atoms with van der Waals surface area (Å²) in [6.07, 6.45) is 14.6. The molecule has 0 amide bonds. The van der Waals surface area contributed by atoms with Gasteiger partial charge < -0.3 is 18.9 Å². The van der Waals surface area contributed by atoms with E-state index in [0.717, 1.165) is 37.5 Å². The van der Waals surface area contributed by atoms with Crippen molar-refractivity contribution in [2.24, 2.45) is 51.2 Å². The first-order chi connectivity index (χ1) is 20.7. The number of hydrogen-bond donors (Lipinski definition) is 0. The van der Waals surface area contributed by atoms with Crippen LogP contribution in [0.3, 0.4) is 0 Å². The second-order valence-corrected chi connectivity index (χ2v) is 17.3.